The molecule has 1 aromatic carbocycles. The van der Waals surface area contributed by atoms with E-state index in [4.69, 9.17) is 0 Å². The van der Waals surface area contributed by atoms with Crippen LogP contribution >= 0.6 is 0 Å². The van der Waals surface area contributed by atoms with Gasteiger partial charge in [-0.25, -0.2) is 0 Å². The maximum Gasteiger partial charge on any atom is 0.139 e. The van der Waals surface area contributed by atoms with E-state index in [2.05, 4.69) is 39.0 Å². The highest BCUT2D eigenvalue weighted by Gasteiger charge is 1.93. The van der Waals surface area contributed by atoms with E-state index in [1.807, 2.05) is 0 Å². The maximum absolute atomic E-state index is 2.26. The topological polar surface area (TPSA) is 0 Å². The molecule has 0 unspecified atom stereocenters. The summed E-state index contributed by atoms with van der Waals surface area (Å²) in [6, 6.07) is 8.94. The average Bonchev–Trinajstić information content (AvgIpc) is 2.21. The van der Waals surface area contributed by atoms with Crippen LogP contribution < -0.4 is 5.46 Å². The molecule has 0 amide bonds. The summed E-state index contributed by atoms with van der Waals surface area (Å²) >= 11 is 0. The fraction of sp³-hybridized carbons (Fsp3) is 0.538. The Bertz CT molecular complexity index is 238. The molecule has 0 nitrogen and oxygen atoms in total. The van der Waals surface area contributed by atoms with Crippen molar-refractivity contribution in [1.82, 2.24) is 0 Å². The van der Waals surface area contributed by atoms with Crippen molar-refractivity contribution in [2.45, 2.75) is 45.4 Å². The molecule has 1 heteroatoms. The molecule has 0 aliphatic heterocycles. The Morgan fingerprint density at radius 2 is 1.57 bits per heavy atom. The van der Waals surface area contributed by atoms with Gasteiger partial charge in [-0.3, -0.25) is 0 Å². The summed E-state index contributed by atoms with van der Waals surface area (Å²) < 4.78 is 0. The second-order valence-corrected chi connectivity index (χ2v) is 4.15. The normalized spacial score (nSPS) is 10.4. The van der Waals surface area contributed by atoms with Crippen LogP contribution in [0.5, 0.6) is 0 Å². The molecule has 0 spiro atoms. The number of unbranched alkanes of at least 4 members (excludes halogenated alkanes) is 4. The lowest BCUT2D eigenvalue weighted by molar-refractivity contribution is 0.632. The first-order valence-corrected chi connectivity index (χ1v) is 5.88. The van der Waals surface area contributed by atoms with Gasteiger partial charge in [0.15, 0.2) is 0 Å². The minimum atomic E-state index is 1.25. The lowest BCUT2D eigenvalue weighted by Crippen LogP contribution is -2.00. The maximum atomic E-state index is 2.26. The highest BCUT2D eigenvalue weighted by molar-refractivity contribution is 6.32. The van der Waals surface area contributed by atoms with Gasteiger partial charge in [0.25, 0.3) is 0 Å². The van der Waals surface area contributed by atoms with E-state index in [9.17, 15) is 0 Å². The summed E-state index contributed by atoms with van der Waals surface area (Å²) in [6.07, 6.45) is 8.13. The van der Waals surface area contributed by atoms with Crippen molar-refractivity contribution in [1.29, 1.82) is 0 Å². The predicted octanol–water partition coefficient (Wildman–Crippen LogP) is 2.46. The SMILES string of the molecule is Bc1ccc(CCCCCCC)cc1. The van der Waals surface area contributed by atoms with Crippen molar-refractivity contribution in [3.05, 3.63) is 29.8 Å². The Morgan fingerprint density at radius 1 is 0.929 bits per heavy atom. The number of rotatable bonds is 6. The Hall–Kier alpha value is -0.715. The second kappa shape index (κ2) is 6.70. The van der Waals surface area contributed by atoms with Crippen LogP contribution in [0.15, 0.2) is 24.3 Å². The monoisotopic (exact) mass is 188 g/mol. The smallest absolute Gasteiger partial charge is 0.0889 e. The molecule has 0 heterocycles. The first kappa shape index (κ1) is 11.4. The third-order valence-electron chi connectivity index (χ3n) is 2.69. The zero-order chi connectivity index (χ0) is 10.2. The Morgan fingerprint density at radius 3 is 2.21 bits per heavy atom. The molecule has 0 atom stereocenters. The van der Waals surface area contributed by atoms with Gasteiger partial charge in [0.1, 0.15) is 7.85 Å². The average molecular weight is 188 g/mol. The Kier molecular flexibility index (Phi) is 5.43. The van der Waals surface area contributed by atoms with Gasteiger partial charge in [-0.15, -0.1) is 0 Å². The Balaban J connectivity index is 2.15. The molecule has 0 fully saturated rings. The van der Waals surface area contributed by atoms with Crippen molar-refractivity contribution in [3.8, 4) is 0 Å². The van der Waals surface area contributed by atoms with Crippen LogP contribution in [0.3, 0.4) is 0 Å². The molecule has 0 bridgehead atoms. The molecule has 0 saturated heterocycles. The molecule has 0 aliphatic carbocycles. The van der Waals surface area contributed by atoms with Crippen molar-refractivity contribution in [3.63, 3.8) is 0 Å². The number of hydrogen-bond acceptors (Lipinski definition) is 0. The van der Waals surface area contributed by atoms with Crippen LogP contribution in [-0.4, -0.2) is 7.85 Å². The summed E-state index contributed by atoms with van der Waals surface area (Å²) in [6.45, 7) is 2.26. The van der Waals surface area contributed by atoms with E-state index < -0.39 is 0 Å². The van der Waals surface area contributed by atoms with E-state index in [1.165, 1.54) is 49.6 Å². The van der Waals surface area contributed by atoms with Gasteiger partial charge in [-0.1, -0.05) is 62.3 Å². The van der Waals surface area contributed by atoms with Gasteiger partial charge >= 0.3 is 0 Å². The molecular formula is C13H21B. The first-order valence-electron chi connectivity index (χ1n) is 5.88. The molecule has 0 saturated carbocycles. The zero-order valence-corrected chi connectivity index (χ0v) is 9.55. The molecular weight excluding hydrogens is 167 g/mol. The number of aryl methyl sites for hydroxylation is 1. The van der Waals surface area contributed by atoms with Crippen LogP contribution in [0, 0.1) is 0 Å². The van der Waals surface area contributed by atoms with Crippen LogP contribution in [0.25, 0.3) is 0 Å². The van der Waals surface area contributed by atoms with Gasteiger partial charge in [-0.05, 0) is 18.4 Å². The van der Waals surface area contributed by atoms with Crippen molar-refractivity contribution < 1.29 is 0 Å². The van der Waals surface area contributed by atoms with E-state index in [0.717, 1.165) is 0 Å². The third kappa shape index (κ3) is 4.50. The fourth-order valence-electron chi connectivity index (χ4n) is 1.69. The van der Waals surface area contributed by atoms with E-state index in [-0.39, 0.29) is 0 Å². The standard InChI is InChI=1S/C13H21B/c1-2-3-4-5-6-7-12-8-10-13(14)11-9-12/h8-11H,2-7,14H2,1H3. The number of hydrogen-bond donors (Lipinski definition) is 0. The van der Waals surface area contributed by atoms with E-state index in [1.54, 1.807) is 0 Å². The second-order valence-electron chi connectivity index (χ2n) is 4.15. The highest BCUT2D eigenvalue weighted by atomic mass is 14.0. The first-order chi connectivity index (χ1) is 6.83. The molecule has 1 rings (SSSR count). The van der Waals surface area contributed by atoms with E-state index >= 15 is 0 Å². The minimum absolute atomic E-state index is 1.25. The molecule has 0 aliphatic rings. The lowest BCUT2D eigenvalue weighted by atomic mass is 9.94. The van der Waals surface area contributed by atoms with Crippen LogP contribution in [0.4, 0.5) is 0 Å². The van der Waals surface area contributed by atoms with Crippen molar-refractivity contribution >= 4 is 13.3 Å². The Labute approximate surface area is 89.1 Å². The van der Waals surface area contributed by atoms with Crippen LogP contribution in [0.1, 0.15) is 44.6 Å². The van der Waals surface area contributed by atoms with Gasteiger partial charge in [0.05, 0.1) is 0 Å². The molecule has 14 heavy (non-hydrogen) atoms. The van der Waals surface area contributed by atoms with Gasteiger partial charge in [0, 0.05) is 0 Å². The van der Waals surface area contributed by atoms with Crippen LogP contribution in [0.2, 0.25) is 0 Å². The zero-order valence-electron chi connectivity index (χ0n) is 9.55. The summed E-state index contributed by atoms with van der Waals surface area (Å²) in [7, 11) is 2.14. The number of benzene rings is 1. The molecule has 0 radical (unpaired) electrons. The minimum Gasteiger partial charge on any atom is -0.0889 e. The van der Waals surface area contributed by atoms with Crippen LogP contribution in [-0.2, 0) is 6.42 Å². The highest BCUT2D eigenvalue weighted by Crippen LogP contribution is 2.07. The quantitative estimate of drug-likeness (QED) is 0.475. The molecule has 76 valence electrons. The molecule has 0 aromatic heterocycles. The third-order valence-corrected chi connectivity index (χ3v) is 2.69. The van der Waals surface area contributed by atoms with Crippen molar-refractivity contribution in [2.75, 3.05) is 0 Å². The summed E-state index contributed by atoms with van der Waals surface area (Å²) in [5.41, 5.74) is 2.85. The summed E-state index contributed by atoms with van der Waals surface area (Å²) in [4.78, 5) is 0. The van der Waals surface area contributed by atoms with Crippen molar-refractivity contribution in [2.24, 2.45) is 0 Å². The predicted molar refractivity (Wildman–Crippen MR) is 67.1 cm³/mol. The van der Waals surface area contributed by atoms with E-state index in [0.29, 0.717) is 0 Å². The molecule has 1 aromatic rings. The lowest BCUT2D eigenvalue weighted by Gasteiger charge is -2.01. The van der Waals surface area contributed by atoms with Gasteiger partial charge in [-0.2, -0.15) is 0 Å². The largest absolute Gasteiger partial charge is 0.139 e. The molecule has 0 N–H and O–H groups in total. The van der Waals surface area contributed by atoms with Gasteiger partial charge < -0.3 is 0 Å². The summed E-state index contributed by atoms with van der Waals surface area (Å²) in [5.74, 6) is 0. The van der Waals surface area contributed by atoms with Gasteiger partial charge in [0.2, 0.25) is 0 Å². The summed E-state index contributed by atoms with van der Waals surface area (Å²) in [5, 5.41) is 0. The fourth-order valence-corrected chi connectivity index (χ4v) is 1.69.